The number of phenols is 1. The minimum atomic E-state index is -0.559. The molecule has 0 heterocycles. The molecule has 120 valence electrons. The van der Waals surface area contributed by atoms with E-state index in [1.807, 2.05) is 6.92 Å². The van der Waals surface area contributed by atoms with Crippen LogP contribution in [0.2, 0.25) is 0 Å². The molecule has 0 saturated carbocycles. The van der Waals surface area contributed by atoms with E-state index in [1.54, 1.807) is 24.3 Å². The summed E-state index contributed by atoms with van der Waals surface area (Å²) < 4.78 is 10.3. The smallest absolute Gasteiger partial charge is 0.274 e. The third kappa shape index (κ3) is 3.97. The van der Waals surface area contributed by atoms with Crippen molar-refractivity contribution in [3.8, 4) is 17.2 Å². The number of rotatable bonds is 6. The van der Waals surface area contributed by atoms with Crippen LogP contribution >= 0.6 is 0 Å². The van der Waals surface area contributed by atoms with Crippen LogP contribution in [0.3, 0.4) is 0 Å². The fourth-order valence-electron chi connectivity index (χ4n) is 1.91. The number of aromatic hydroxyl groups is 1. The number of phenolic OH excluding ortho intramolecular Hbond substituents is 1. The van der Waals surface area contributed by atoms with Crippen LogP contribution in [0.15, 0.2) is 41.4 Å². The molecule has 0 unspecified atom stereocenters. The van der Waals surface area contributed by atoms with Crippen molar-refractivity contribution >= 4 is 17.6 Å². The van der Waals surface area contributed by atoms with Gasteiger partial charge in [-0.15, -0.1) is 0 Å². The van der Waals surface area contributed by atoms with Gasteiger partial charge in [0.1, 0.15) is 5.75 Å². The maximum atomic E-state index is 10.9. The Labute approximate surface area is 133 Å². The zero-order valence-electron chi connectivity index (χ0n) is 12.7. The van der Waals surface area contributed by atoms with Crippen LogP contribution in [0.1, 0.15) is 12.5 Å². The van der Waals surface area contributed by atoms with Crippen LogP contribution in [-0.2, 0) is 0 Å². The topological polar surface area (TPSA) is 94.2 Å². The largest absolute Gasteiger partial charge is 0.504 e. The molecular formula is C16H16N2O5. The van der Waals surface area contributed by atoms with Gasteiger partial charge in [0.2, 0.25) is 0 Å². The Morgan fingerprint density at radius 1 is 1.30 bits per heavy atom. The summed E-state index contributed by atoms with van der Waals surface area (Å²) in [6.07, 6.45) is 1.35. The first-order valence-electron chi connectivity index (χ1n) is 6.87. The predicted molar refractivity (Wildman–Crippen MR) is 86.2 cm³/mol. The molecule has 2 aromatic rings. The number of benzene rings is 2. The highest BCUT2D eigenvalue weighted by Gasteiger charge is 2.15. The lowest BCUT2D eigenvalue weighted by Crippen LogP contribution is -1.94. The van der Waals surface area contributed by atoms with Gasteiger partial charge in [0.05, 0.1) is 30.4 Å². The SMILES string of the molecule is CCOc1ccc(N=Cc2cc([N+](=O)[O-])cc(OC)c2O)cc1. The molecule has 0 atom stereocenters. The van der Waals surface area contributed by atoms with Crippen molar-refractivity contribution in [2.75, 3.05) is 13.7 Å². The Kier molecular flexibility index (Phi) is 5.14. The van der Waals surface area contributed by atoms with Gasteiger partial charge in [0.15, 0.2) is 11.5 Å². The van der Waals surface area contributed by atoms with Gasteiger partial charge in [-0.2, -0.15) is 0 Å². The number of methoxy groups -OCH3 is 1. The quantitative estimate of drug-likeness (QED) is 0.500. The highest BCUT2D eigenvalue weighted by atomic mass is 16.6. The fraction of sp³-hybridized carbons (Fsp3) is 0.188. The van der Waals surface area contributed by atoms with Gasteiger partial charge in [-0.25, -0.2) is 0 Å². The van der Waals surface area contributed by atoms with Crippen LogP contribution in [0.5, 0.6) is 17.2 Å². The molecule has 0 aliphatic carbocycles. The molecule has 0 aromatic heterocycles. The zero-order chi connectivity index (χ0) is 16.8. The summed E-state index contributed by atoms with van der Waals surface area (Å²) in [5.41, 5.74) is 0.635. The lowest BCUT2D eigenvalue weighted by atomic mass is 10.1. The second kappa shape index (κ2) is 7.26. The van der Waals surface area contributed by atoms with Gasteiger partial charge in [-0.3, -0.25) is 15.1 Å². The Bertz CT molecular complexity index is 726. The van der Waals surface area contributed by atoms with E-state index in [0.717, 1.165) is 11.8 Å². The molecule has 2 rings (SSSR count). The van der Waals surface area contributed by atoms with Crippen LogP contribution in [-0.4, -0.2) is 30.0 Å². The first-order valence-corrected chi connectivity index (χ1v) is 6.87. The number of nitro groups is 1. The zero-order valence-corrected chi connectivity index (χ0v) is 12.7. The van der Waals surface area contributed by atoms with Crippen molar-refractivity contribution in [3.05, 3.63) is 52.1 Å². The first kappa shape index (κ1) is 16.3. The number of hydrogen-bond acceptors (Lipinski definition) is 6. The molecule has 7 nitrogen and oxygen atoms in total. The lowest BCUT2D eigenvalue weighted by molar-refractivity contribution is -0.385. The van der Waals surface area contributed by atoms with Crippen LogP contribution in [0.25, 0.3) is 0 Å². The molecule has 0 saturated heterocycles. The number of nitrogens with zero attached hydrogens (tertiary/aromatic N) is 2. The van der Waals surface area contributed by atoms with Crippen LogP contribution in [0.4, 0.5) is 11.4 Å². The molecule has 0 amide bonds. The molecule has 0 radical (unpaired) electrons. The summed E-state index contributed by atoms with van der Waals surface area (Å²) in [5.74, 6) is 0.548. The summed E-state index contributed by atoms with van der Waals surface area (Å²) in [4.78, 5) is 14.6. The van der Waals surface area contributed by atoms with Crippen molar-refractivity contribution in [1.29, 1.82) is 0 Å². The van der Waals surface area contributed by atoms with Gasteiger partial charge < -0.3 is 14.6 Å². The van der Waals surface area contributed by atoms with Gasteiger partial charge >= 0.3 is 0 Å². The summed E-state index contributed by atoms with van der Waals surface area (Å²) in [5, 5.41) is 20.9. The molecule has 0 bridgehead atoms. The Morgan fingerprint density at radius 3 is 2.57 bits per heavy atom. The minimum Gasteiger partial charge on any atom is -0.504 e. The molecule has 7 heteroatoms. The van der Waals surface area contributed by atoms with Crippen molar-refractivity contribution < 1.29 is 19.5 Å². The molecule has 0 fully saturated rings. The molecule has 0 aliphatic rings. The second-order valence-corrected chi connectivity index (χ2v) is 4.53. The van der Waals surface area contributed by atoms with E-state index in [4.69, 9.17) is 9.47 Å². The summed E-state index contributed by atoms with van der Waals surface area (Å²) in [6.45, 7) is 2.47. The van der Waals surface area contributed by atoms with Crippen molar-refractivity contribution in [2.45, 2.75) is 6.92 Å². The number of nitro benzene ring substituents is 1. The number of non-ortho nitro benzene ring substituents is 1. The maximum Gasteiger partial charge on any atom is 0.274 e. The Balaban J connectivity index is 2.30. The Morgan fingerprint density at radius 2 is 2.00 bits per heavy atom. The summed E-state index contributed by atoms with van der Waals surface area (Å²) in [7, 11) is 1.33. The van der Waals surface area contributed by atoms with E-state index in [1.165, 1.54) is 19.4 Å². The van der Waals surface area contributed by atoms with Gasteiger partial charge in [0, 0.05) is 17.8 Å². The average molecular weight is 316 g/mol. The monoisotopic (exact) mass is 316 g/mol. The summed E-state index contributed by atoms with van der Waals surface area (Å²) >= 11 is 0. The molecular weight excluding hydrogens is 300 g/mol. The van der Waals surface area contributed by atoms with Gasteiger partial charge in [-0.05, 0) is 31.2 Å². The molecule has 0 aliphatic heterocycles. The van der Waals surface area contributed by atoms with E-state index in [2.05, 4.69) is 4.99 Å². The minimum absolute atomic E-state index is 0.0207. The molecule has 2 aromatic carbocycles. The second-order valence-electron chi connectivity index (χ2n) is 4.53. The van der Waals surface area contributed by atoms with Gasteiger partial charge in [-0.1, -0.05) is 0 Å². The molecule has 0 spiro atoms. The van der Waals surface area contributed by atoms with E-state index >= 15 is 0 Å². The first-order chi connectivity index (χ1) is 11.0. The lowest BCUT2D eigenvalue weighted by Gasteiger charge is -2.06. The molecule has 1 N–H and O–H groups in total. The average Bonchev–Trinajstić information content (AvgIpc) is 2.55. The van der Waals surface area contributed by atoms with Gasteiger partial charge in [0.25, 0.3) is 5.69 Å². The third-order valence-corrected chi connectivity index (χ3v) is 3.02. The summed E-state index contributed by atoms with van der Waals surface area (Å²) in [6, 6.07) is 9.41. The standard InChI is InChI=1S/C16H16N2O5/c1-3-23-14-6-4-12(5-7-14)17-10-11-8-13(18(20)21)9-15(22-2)16(11)19/h4-10,19H,3H2,1-2H3. The van der Waals surface area contributed by atoms with E-state index in [9.17, 15) is 15.2 Å². The Hall–Kier alpha value is -3.09. The predicted octanol–water partition coefficient (Wildman–Crippen LogP) is 3.46. The molecule has 23 heavy (non-hydrogen) atoms. The number of hydrogen-bond donors (Lipinski definition) is 1. The maximum absolute atomic E-state index is 10.9. The fourth-order valence-corrected chi connectivity index (χ4v) is 1.91. The van der Waals surface area contributed by atoms with Crippen molar-refractivity contribution in [3.63, 3.8) is 0 Å². The van der Waals surface area contributed by atoms with Crippen molar-refractivity contribution in [2.24, 2.45) is 4.99 Å². The highest BCUT2D eigenvalue weighted by Crippen LogP contribution is 2.33. The highest BCUT2D eigenvalue weighted by molar-refractivity contribution is 5.88. The van der Waals surface area contributed by atoms with E-state index in [0.29, 0.717) is 12.3 Å². The van der Waals surface area contributed by atoms with Crippen molar-refractivity contribution in [1.82, 2.24) is 0 Å². The van der Waals surface area contributed by atoms with E-state index in [-0.39, 0.29) is 22.7 Å². The third-order valence-electron chi connectivity index (χ3n) is 3.02. The van der Waals surface area contributed by atoms with Crippen LogP contribution in [0, 0.1) is 10.1 Å². The number of ether oxygens (including phenoxy) is 2. The normalized spacial score (nSPS) is 10.7. The van der Waals surface area contributed by atoms with E-state index < -0.39 is 4.92 Å². The number of aliphatic imine (C=N–C) groups is 1. The van der Waals surface area contributed by atoms with Crippen LogP contribution < -0.4 is 9.47 Å².